The van der Waals surface area contributed by atoms with E-state index >= 15 is 0 Å². The number of aliphatic carboxylic acids is 1. The van der Waals surface area contributed by atoms with Crippen LogP contribution in [0.25, 0.3) is 5.69 Å². The number of aryl methyl sites for hydroxylation is 1. The number of fused-ring (bicyclic) bond motifs is 1. The van der Waals surface area contributed by atoms with Gasteiger partial charge in [0.1, 0.15) is 5.92 Å². The third-order valence-electron chi connectivity index (χ3n) is 5.50. The predicted molar refractivity (Wildman–Crippen MR) is 120 cm³/mol. The largest absolute Gasteiger partial charge is 0.481 e. The van der Waals surface area contributed by atoms with E-state index < -0.39 is 18.0 Å². The smallest absolute Gasteiger partial charge is 0.313 e. The van der Waals surface area contributed by atoms with Gasteiger partial charge in [0.25, 0.3) is 0 Å². The Kier molecular flexibility index (Phi) is 6.01. The van der Waals surface area contributed by atoms with Gasteiger partial charge in [-0.15, -0.1) is 0 Å². The Hall–Kier alpha value is -3.57. The minimum atomic E-state index is -1.03. The number of aromatic nitrogens is 4. The van der Waals surface area contributed by atoms with Crippen molar-refractivity contribution in [1.29, 1.82) is 0 Å². The maximum atomic E-state index is 12.6. The molecule has 0 aliphatic heterocycles. The number of tetrazole rings is 1. The van der Waals surface area contributed by atoms with E-state index in [2.05, 4.69) is 20.8 Å². The number of carboxylic acid groups (broad SMARTS) is 1. The summed E-state index contributed by atoms with van der Waals surface area (Å²) in [4.78, 5) is 25.9. The first-order valence-corrected chi connectivity index (χ1v) is 10.4. The summed E-state index contributed by atoms with van der Waals surface area (Å²) in [6.07, 6.45) is 0.0908. The quantitative estimate of drug-likeness (QED) is 0.415. The second-order valence-electron chi connectivity index (χ2n) is 7.68. The van der Waals surface area contributed by atoms with Crippen molar-refractivity contribution in [3.63, 3.8) is 0 Å². The van der Waals surface area contributed by atoms with E-state index in [4.69, 9.17) is 12.2 Å². The molecule has 1 amide bonds. The summed E-state index contributed by atoms with van der Waals surface area (Å²) in [5.74, 6) is -2.17. The molecule has 166 valence electrons. The Bertz CT molecular complexity index is 1220. The van der Waals surface area contributed by atoms with Gasteiger partial charge >= 0.3 is 5.97 Å². The molecular formula is C21H22N6O4S. The summed E-state index contributed by atoms with van der Waals surface area (Å²) >= 11 is 5.10. The average Bonchev–Trinajstić information content (AvgIpc) is 3.19. The van der Waals surface area contributed by atoms with E-state index in [-0.39, 0.29) is 17.2 Å². The highest BCUT2D eigenvalue weighted by molar-refractivity contribution is 7.71. The Labute approximate surface area is 188 Å². The van der Waals surface area contributed by atoms with Gasteiger partial charge in [0, 0.05) is 18.4 Å². The molecule has 11 heteroatoms. The van der Waals surface area contributed by atoms with Gasteiger partial charge in [-0.25, -0.2) is 4.68 Å². The van der Waals surface area contributed by atoms with Gasteiger partial charge in [-0.1, -0.05) is 22.4 Å². The number of aromatic amines is 1. The van der Waals surface area contributed by atoms with Crippen molar-refractivity contribution < 1.29 is 19.8 Å². The van der Waals surface area contributed by atoms with Gasteiger partial charge in [-0.2, -0.15) is 5.21 Å². The van der Waals surface area contributed by atoms with Crippen LogP contribution in [0.15, 0.2) is 42.5 Å². The molecule has 3 aromatic rings. The highest BCUT2D eigenvalue weighted by atomic mass is 32.1. The van der Waals surface area contributed by atoms with E-state index in [1.165, 1.54) is 4.68 Å². The van der Waals surface area contributed by atoms with Crippen LogP contribution in [0.5, 0.6) is 0 Å². The van der Waals surface area contributed by atoms with Crippen molar-refractivity contribution >= 4 is 35.5 Å². The molecule has 2 atom stereocenters. The molecule has 4 N–H and O–H groups in total. The Morgan fingerprint density at radius 3 is 2.84 bits per heavy atom. The number of benzene rings is 2. The number of hydrogen-bond acceptors (Lipinski definition) is 7. The number of H-pyrrole nitrogens is 1. The number of carbonyl (C=O) groups is 2. The maximum absolute atomic E-state index is 12.6. The first-order valence-electron chi connectivity index (χ1n) is 9.98. The van der Waals surface area contributed by atoms with Crippen molar-refractivity contribution in [2.75, 3.05) is 23.8 Å². The molecule has 0 saturated heterocycles. The van der Waals surface area contributed by atoms with E-state index in [0.29, 0.717) is 29.8 Å². The molecule has 0 bridgehead atoms. The van der Waals surface area contributed by atoms with Crippen LogP contribution in [0.4, 0.5) is 11.4 Å². The van der Waals surface area contributed by atoms with Gasteiger partial charge in [0.2, 0.25) is 10.7 Å². The van der Waals surface area contributed by atoms with Gasteiger partial charge in [-0.05, 0) is 66.5 Å². The van der Waals surface area contributed by atoms with Crippen LogP contribution in [0.2, 0.25) is 0 Å². The van der Waals surface area contributed by atoms with Crippen molar-refractivity contribution in [1.82, 2.24) is 20.2 Å². The molecule has 1 aromatic heterocycles. The van der Waals surface area contributed by atoms with Crippen molar-refractivity contribution in [3.8, 4) is 5.69 Å². The van der Waals surface area contributed by atoms with Crippen molar-refractivity contribution in [2.24, 2.45) is 0 Å². The maximum Gasteiger partial charge on any atom is 0.313 e. The fourth-order valence-corrected chi connectivity index (χ4v) is 4.11. The fraction of sp³-hybridized carbons (Fsp3) is 0.286. The molecule has 2 unspecified atom stereocenters. The second kappa shape index (κ2) is 8.89. The molecule has 1 aliphatic rings. The number of hydrogen-bond donors (Lipinski definition) is 4. The lowest BCUT2D eigenvalue weighted by Crippen LogP contribution is -2.32. The number of anilines is 2. The van der Waals surface area contributed by atoms with Crippen LogP contribution in [0, 0.1) is 4.77 Å². The second-order valence-corrected chi connectivity index (χ2v) is 8.04. The highest BCUT2D eigenvalue weighted by Gasteiger charge is 2.33. The SMILES string of the molecule is CN(CC(=O)Nc1cccc(-n2[nH]nnc2=S)c1)c1ccc2c(c1)CCC(O)C2C(=O)O. The number of aliphatic hydroxyl groups is 1. The third kappa shape index (κ3) is 4.39. The van der Waals surface area contributed by atoms with E-state index in [1.54, 1.807) is 42.3 Å². The zero-order valence-corrected chi connectivity index (χ0v) is 18.0. The first kappa shape index (κ1) is 21.7. The normalized spacial score (nSPS) is 17.4. The van der Waals surface area contributed by atoms with E-state index in [0.717, 1.165) is 11.3 Å². The average molecular weight is 455 g/mol. The van der Waals surface area contributed by atoms with Gasteiger partial charge in [-0.3, -0.25) is 9.59 Å². The van der Waals surface area contributed by atoms with E-state index in [9.17, 15) is 19.8 Å². The Balaban J connectivity index is 1.45. The summed E-state index contributed by atoms with van der Waals surface area (Å²) in [5, 5.41) is 32.4. The zero-order chi connectivity index (χ0) is 22.8. The summed E-state index contributed by atoms with van der Waals surface area (Å²) in [5.41, 5.74) is 3.59. The highest BCUT2D eigenvalue weighted by Crippen LogP contribution is 2.34. The number of carboxylic acids is 1. The van der Waals surface area contributed by atoms with E-state index in [1.807, 2.05) is 12.1 Å². The van der Waals surface area contributed by atoms with Crippen molar-refractivity contribution in [2.45, 2.75) is 24.9 Å². The number of nitrogens with zero attached hydrogens (tertiary/aromatic N) is 4. The number of aliphatic hydroxyl groups excluding tert-OH is 1. The molecule has 4 rings (SSSR count). The minimum Gasteiger partial charge on any atom is -0.481 e. The molecule has 1 aliphatic carbocycles. The molecule has 0 spiro atoms. The number of rotatable bonds is 6. The molecule has 0 radical (unpaired) electrons. The number of amides is 1. The summed E-state index contributed by atoms with van der Waals surface area (Å²) < 4.78 is 1.80. The predicted octanol–water partition coefficient (Wildman–Crippen LogP) is 1.88. The first-order chi connectivity index (χ1) is 15.3. The molecule has 10 nitrogen and oxygen atoms in total. The number of carbonyl (C=O) groups excluding carboxylic acids is 1. The summed E-state index contributed by atoms with van der Waals surface area (Å²) in [6, 6.07) is 12.5. The zero-order valence-electron chi connectivity index (χ0n) is 17.2. The lowest BCUT2D eigenvalue weighted by atomic mass is 9.80. The lowest BCUT2D eigenvalue weighted by Gasteiger charge is -2.29. The Morgan fingerprint density at radius 1 is 1.31 bits per heavy atom. The third-order valence-corrected chi connectivity index (χ3v) is 5.77. The molecule has 1 heterocycles. The standard InChI is InChI=1S/C21H22N6O4S/c1-26(14-6-7-16-12(9-14)5-8-17(28)19(16)20(30)31)11-18(29)22-13-3-2-4-15(10-13)27-21(32)23-24-25-27/h2-4,6-7,9-10,17,19,28H,5,8,11H2,1H3,(H,22,29)(H,30,31)(H,23,25,32). The minimum absolute atomic E-state index is 0.0963. The van der Waals surface area contributed by atoms with Crippen LogP contribution < -0.4 is 10.2 Å². The van der Waals surface area contributed by atoms with Gasteiger partial charge < -0.3 is 20.4 Å². The molecule has 32 heavy (non-hydrogen) atoms. The monoisotopic (exact) mass is 454 g/mol. The molecular weight excluding hydrogens is 432 g/mol. The molecule has 2 aromatic carbocycles. The Morgan fingerprint density at radius 2 is 2.12 bits per heavy atom. The molecule has 0 saturated carbocycles. The van der Waals surface area contributed by atoms with Crippen LogP contribution in [0.3, 0.4) is 0 Å². The van der Waals surface area contributed by atoms with Crippen LogP contribution in [0.1, 0.15) is 23.5 Å². The number of nitrogens with one attached hydrogen (secondary N) is 2. The summed E-state index contributed by atoms with van der Waals surface area (Å²) in [6.45, 7) is 0.0963. The topological polar surface area (TPSA) is 136 Å². The van der Waals surface area contributed by atoms with Crippen molar-refractivity contribution in [3.05, 3.63) is 58.4 Å². The van der Waals surface area contributed by atoms with Crippen LogP contribution in [-0.2, 0) is 16.0 Å². The van der Waals surface area contributed by atoms with Crippen LogP contribution in [-0.4, -0.2) is 62.0 Å². The van der Waals surface area contributed by atoms with Gasteiger partial charge in [0.05, 0.1) is 18.3 Å². The summed E-state index contributed by atoms with van der Waals surface area (Å²) in [7, 11) is 1.79. The van der Waals surface area contributed by atoms with Gasteiger partial charge in [0.15, 0.2) is 0 Å². The lowest BCUT2D eigenvalue weighted by molar-refractivity contribution is -0.142. The fourth-order valence-electron chi connectivity index (χ4n) is 3.92. The number of likely N-dealkylation sites (N-methyl/N-ethyl adjacent to an activating group) is 1. The van der Waals surface area contributed by atoms with Crippen LogP contribution >= 0.6 is 12.2 Å². The molecule has 0 fully saturated rings.